The molecule has 0 unspecified atom stereocenters. The summed E-state index contributed by atoms with van der Waals surface area (Å²) in [4.78, 5) is 0. The second kappa shape index (κ2) is 4.04. The summed E-state index contributed by atoms with van der Waals surface area (Å²) in [5.41, 5.74) is 2.72. The SMILES string of the molecule is CC.Cc1cccc2c1CC(C)(C)O2. The predicted molar refractivity (Wildman–Crippen MR) is 60.9 cm³/mol. The third-order valence-electron chi connectivity index (χ3n) is 2.36. The Kier molecular flexibility index (Phi) is 3.20. The van der Waals surface area contributed by atoms with Gasteiger partial charge in [0.1, 0.15) is 11.4 Å². The Morgan fingerprint density at radius 3 is 2.43 bits per heavy atom. The van der Waals surface area contributed by atoms with Gasteiger partial charge in [-0.05, 0) is 32.4 Å². The van der Waals surface area contributed by atoms with Gasteiger partial charge >= 0.3 is 0 Å². The molecule has 78 valence electrons. The summed E-state index contributed by atoms with van der Waals surface area (Å²) in [5, 5.41) is 0. The molecule has 0 fully saturated rings. The molecule has 1 heteroatoms. The van der Waals surface area contributed by atoms with Crippen LogP contribution in [0.5, 0.6) is 5.75 Å². The summed E-state index contributed by atoms with van der Waals surface area (Å²) in [6.45, 7) is 10.4. The minimum atomic E-state index is -0.00551. The molecule has 0 saturated heterocycles. The van der Waals surface area contributed by atoms with E-state index in [2.05, 4.69) is 39.0 Å². The summed E-state index contributed by atoms with van der Waals surface area (Å²) in [5.74, 6) is 1.07. The Balaban J connectivity index is 0.000000461. The van der Waals surface area contributed by atoms with Crippen LogP contribution in [0.2, 0.25) is 0 Å². The molecule has 1 aromatic rings. The highest BCUT2D eigenvalue weighted by molar-refractivity contribution is 5.43. The van der Waals surface area contributed by atoms with Crippen LogP contribution in [0.1, 0.15) is 38.8 Å². The van der Waals surface area contributed by atoms with Crippen molar-refractivity contribution in [3.05, 3.63) is 29.3 Å². The lowest BCUT2D eigenvalue weighted by atomic mass is 9.98. The molecule has 1 nitrogen and oxygen atoms in total. The van der Waals surface area contributed by atoms with Gasteiger partial charge in [0.15, 0.2) is 0 Å². The van der Waals surface area contributed by atoms with Gasteiger partial charge in [-0.25, -0.2) is 0 Å². The monoisotopic (exact) mass is 192 g/mol. The molecule has 0 spiro atoms. The highest BCUT2D eigenvalue weighted by Crippen LogP contribution is 2.36. The summed E-state index contributed by atoms with van der Waals surface area (Å²) in [6.07, 6.45) is 1.04. The van der Waals surface area contributed by atoms with E-state index in [9.17, 15) is 0 Å². The maximum absolute atomic E-state index is 5.78. The van der Waals surface area contributed by atoms with Crippen LogP contribution in [0.25, 0.3) is 0 Å². The van der Waals surface area contributed by atoms with Crippen molar-refractivity contribution in [3.8, 4) is 5.75 Å². The van der Waals surface area contributed by atoms with Gasteiger partial charge in [0.2, 0.25) is 0 Å². The lowest BCUT2D eigenvalue weighted by Gasteiger charge is -2.16. The molecule has 1 aliphatic heterocycles. The van der Waals surface area contributed by atoms with Gasteiger partial charge in [0.05, 0.1) is 0 Å². The molecule has 0 radical (unpaired) electrons. The standard InChI is InChI=1S/C11H14O.C2H6/c1-8-5-4-6-10-9(8)7-11(2,3)12-10;1-2/h4-6H,7H2,1-3H3;1-2H3. The molecule has 1 aromatic carbocycles. The van der Waals surface area contributed by atoms with Crippen LogP contribution in [0.15, 0.2) is 18.2 Å². The van der Waals surface area contributed by atoms with Gasteiger partial charge < -0.3 is 4.74 Å². The fourth-order valence-electron chi connectivity index (χ4n) is 1.76. The number of aryl methyl sites for hydroxylation is 1. The average Bonchev–Trinajstić information content (AvgIpc) is 2.45. The van der Waals surface area contributed by atoms with E-state index < -0.39 is 0 Å². The topological polar surface area (TPSA) is 9.23 Å². The molecule has 0 amide bonds. The zero-order valence-electron chi connectivity index (χ0n) is 9.85. The van der Waals surface area contributed by atoms with Gasteiger partial charge in [0.25, 0.3) is 0 Å². The smallest absolute Gasteiger partial charge is 0.123 e. The molecule has 1 heterocycles. The van der Waals surface area contributed by atoms with Gasteiger partial charge in [-0.2, -0.15) is 0 Å². The normalized spacial score (nSPS) is 16.4. The van der Waals surface area contributed by atoms with E-state index in [-0.39, 0.29) is 5.60 Å². The highest BCUT2D eigenvalue weighted by atomic mass is 16.5. The van der Waals surface area contributed by atoms with Gasteiger partial charge in [-0.15, -0.1) is 0 Å². The summed E-state index contributed by atoms with van der Waals surface area (Å²) in [7, 11) is 0. The second-order valence-corrected chi connectivity index (χ2v) is 4.09. The molecule has 0 atom stereocenters. The molecule has 1 aliphatic rings. The van der Waals surface area contributed by atoms with Crippen molar-refractivity contribution in [3.63, 3.8) is 0 Å². The van der Waals surface area contributed by atoms with E-state index >= 15 is 0 Å². The minimum Gasteiger partial charge on any atom is -0.487 e. The van der Waals surface area contributed by atoms with Crippen molar-refractivity contribution in [2.45, 2.75) is 46.6 Å². The van der Waals surface area contributed by atoms with Crippen LogP contribution < -0.4 is 4.74 Å². The number of rotatable bonds is 0. The number of ether oxygens (including phenoxy) is 1. The van der Waals surface area contributed by atoms with Crippen molar-refractivity contribution in [1.82, 2.24) is 0 Å². The number of benzene rings is 1. The first kappa shape index (κ1) is 11.1. The molecule has 0 bridgehead atoms. The van der Waals surface area contributed by atoms with E-state index in [1.165, 1.54) is 11.1 Å². The van der Waals surface area contributed by atoms with Crippen molar-refractivity contribution in [1.29, 1.82) is 0 Å². The quantitative estimate of drug-likeness (QED) is 0.608. The largest absolute Gasteiger partial charge is 0.487 e. The molecule has 0 N–H and O–H groups in total. The Morgan fingerprint density at radius 1 is 1.21 bits per heavy atom. The average molecular weight is 192 g/mol. The Morgan fingerprint density at radius 2 is 1.86 bits per heavy atom. The Labute approximate surface area is 87.1 Å². The lowest BCUT2D eigenvalue weighted by molar-refractivity contribution is 0.138. The van der Waals surface area contributed by atoms with E-state index in [0.717, 1.165) is 12.2 Å². The molecule has 14 heavy (non-hydrogen) atoms. The zero-order chi connectivity index (χ0) is 10.8. The van der Waals surface area contributed by atoms with Crippen LogP contribution in [0, 0.1) is 6.92 Å². The van der Waals surface area contributed by atoms with Crippen molar-refractivity contribution < 1.29 is 4.74 Å². The maximum Gasteiger partial charge on any atom is 0.123 e. The molecule has 2 rings (SSSR count). The van der Waals surface area contributed by atoms with Crippen LogP contribution in [-0.2, 0) is 6.42 Å². The molecular weight excluding hydrogens is 172 g/mol. The molecule has 0 saturated carbocycles. The van der Waals surface area contributed by atoms with Crippen molar-refractivity contribution in [2.24, 2.45) is 0 Å². The van der Waals surface area contributed by atoms with E-state index in [0.29, 0.717) is 0 Å². The number of fused-ring (bicyclic) bond motifs is 1. The van der Waals surface area contributed by atoms with Gasteiger partial charge in [0, 0.05) is 12.0 Å². The lowest BCUT2D eigenvalue weighted by Crippen LogP contribution is -2.24. The number of hydrogen-bond donors (Lipinski definition) is 0. The van der Waals surface area contributed by atoms with E-state index in [1.807, 2.05) is 13.8 Å². The first-order valence-corrected chi connectivity index (χ1v) is 5.36. The van der Waals surface area contributed by atoms with Crippen LogP contribution in [0.3, 0.4) is 0 Å². The first-order valence-electron chi connectivity index (χ1n) is 5.36. The minimum absolute atomic E-state index is 0.00551. The second-order valence-electron chi connectivity index (χ2n) is 4.09. The Bertz CT molecular complexity index is 313. The van der Waals surface area contributed by atoms with E-state index in [1.54, 1.807) is 0 Å². The Hall–Kier alpha value is -0.980. The first-order chi connectivity index (χ1) is 6.58. The van der Waals surface area contributed by atoms with Crippen LogP contribution in [-0.4, -0.2) is 5.60 Å². The van der Waals surface area contributed by atoms with Gasteiger partial charge in [-0.1, -0.05) is 26.0 Å². The van der Waals surface area contributed by atoms with Crippen LogP contribution >= 0.6 is 0 Å². The van der Waals surface area contributed by atoms with E-state index in [4.69, 9.17) is 4.74 Å². The highest BCUT2D eigenvalue weighted by Gasteiger charge is 2.30. The fraction of sp³-hybridized carbons (Fsp3) is 0.538. The maximum atomic E-state index is 5.78. The summed E-state index contributed by atoms with van der Waals surface area (Å²) >= 11 is 0. The summed E-state index contributed by atoms with van der Waals surface area (Å²) < 4.78 is 5.78. The predicted octanol–water partition coefficient (Wildman–Crippen LogP) is 3.73. The van der Waals surface area contributed by atoms with Crippen LogP contribution in [0.4, 0.5) is 0 Å². The van der Waals surface area contributed by atoms with Crippen molar-refractivity contribution in [2.75, 3.05) is 0 Å². The summed E-state index contributed by atoms with van der Waals surface area (Å²) in [6, 6.07) is 6.25. The zero-order valence-corrected chi connectivity index (χ0v) is 9.85. The molecule has 0 aliphatic carbocycles. The number of hydrogen-bond acceptors (Lipinski definition) is 1. The fourth-order valence-corrected chi connectivity index (χ4v) is 1.76. The third-order valence-corrected chi connectivity index (χ3v) is 2.36. The van der Waals surface area contributed by atoms with Crippen molar-refractivity contribution >= 4 is 0 Å². The third kappa shape index (κ3) is 2.09. The molecule has 0 aromatic heterocycles. The van der Waals surface area contributed by atoms with Gasteiger partial charge in [-0.3, -0.25) is 0 Å². The molecular formula is C13H20O.